The Balaban J connectivity index is 1.51. The van der Waals surface area contributed by atoms with Crippen molar-refractivity contribution < 1.29 is 13.9 Å². The third-order valence-electron chi connectivity index (χ3n) is 5.85. The van der Waals surface area contributed by atoms with Crippen LogP contribution >= 0.6 is 0 Å². The van der Waals surface area contributed by atoms with Crippen LogP contribution in [0.15, 0.2) is 72.9 Å². The lowest BCUT2D eigenvalue weighted by Gasteiger charge is -2.40. The molecule has 0 spiro atoms. The van der Waals surface area contributed by atoms with E-state index in [9.17, 15) is 9.18 Å². The summed E-state index contributed by atoms with van der Waals surface area (Å²) in [7, 11) is 0. The molecule has 2 N–H and O–H groups in total. The van der Waals surface area contributed by atoms with Crippen molar-refractivity contribution in [2.45, 2.75) is 31.4 Å². The molecule has 1 aromatic heterocycles. The lowest BCUT2D eigenvalue weighted by Crippen LogP contribution is -2.53. The van der Waals surface area contributed by atoms with Crippen LogP contribution in [-0.4, -0.2) is 28.9 Å². The fourth-order valence-corrected chi connectivity index (χ4v) is 4.27. The van der Waals surface area contributed by atoms with Gasteiger partial charge in [0.2, 0.25) is 5.91 Å². The van der Waals surface area contributed by atoms with Gasteiger partial charge >= 0.3 is 0 Å². The molecular weight excluding hydrogens is 393 g/mol. The number of nitrogens with two attached hydrogens (primary N) is 1. The third-order valence-corrected chi connectivity index (χ3v) is 5.85. The Morgan fingerprint density at radius 3 is 2.74 bits per heavy atom. The Bertz CT molecular complexity index is 1040. The van der Waals surface area contributed by atoms with Gasteiger partial charge in [-0.25, -0.2) is 4.39 Å². The standard InChI is InChI=1S/C25H26FN3O2/c26-21-9-5-7-19(15-21)17-31-22-10-2-1-8-20(22)16-29-14-6-12-25(18-29,24(27)30)23-11-3-4-13-28-23/h1-5,7-11,13,15H,6,12,14,16-18H2,(H2,27,30). The smallest absolute Gasteiger partial charge is 0.230 e. The molecule has 2 aromatic carbocycles. The molecule has 4 rings (SSSR count). The van der Waals surface area contributed by atoms with Crippen molar-refractivity contribution in [2.75, 3.05) is 13.1 Å². The number of amides is 1. The summed E-state index contributed by atoms with van der Waals surface area (Å²) in [5, 5.41) is 0. The number of piperidine rings is 1. The molecule has 160 valence electrons. The van der Waals surface area contributed by atoms with E-state index >= 15 is 0 Å². The normalized spacial score (nSPS) is 19.1. The van der Waals surface area contributed by atoms with E-state index < -0.39 is 5.41 Å². The van der Waals surface area contributed by atoms with Gasteiger partial charge in [-0.05, 0) is 55.3 Å². The number of pyridine rings is 1. The summed E-state index contributed by atoms with van der Waals surface area (Å²) in [4.78, 5) is 19.2. The molecule has 0 bridgehead atoms. The van der Waals surface area contributed by atoms with Gasteiger partial charge in [0.05, 0.1) is 5.69 Å². The number of para-hydroxylation sites is 1. The second kappa shape index (κ2) is 9.27. The van der Waals surface area contributed by atoms with Gasteiger partial charge in [-0.1, -0.05) is 36.4 Å². The summed E-state index contributed by atoms with van der Waals surface area (Å²) in [6.45, 7) is 2.28. The van der Waals surface area contributed by atoms with Crippen LogP contribution in [0.5, 0.6) is 5.75 Å². The molecule has 2 heterocycles. The van der Waals surface area contributed by atoms with Gasteiger partial charge in [-0.15, -0.1) is 0 Å². The second-order valence-electron chi connectivity index (χ2n) is 8.00. The molecular formula is C25H26FN3O2. The Hall–Kier alpha value is -3.25. The van der Waals surface area contributed by atoms with Gasteiger partial charge in [-0.3, -0.25) is 14.7 Å². The zero-order chi connectivity index (χ0) is 21.7. The van der Waals surface area contributed by atoms with Crippen molar-refractivity contribution in [3.05, 3.63) is 95.6 Å². The maximum atomic E-state index is 13.5. The average molecular weight is 420 g/mol. The molecule has 1 unspecified atom stereocenters. The number of rotatable bonds is 7. The van der Waals surface area contributed by atoms with Crippen molar-refractivity contribution in [3.8, 4) is 5.75 Å². The number of benzene rings is 2. The predicted molar refractivity (Wildman–Crippen MR) is 117 cm³/mol. The second-order valence-corrected chi connectivity index (χ2v) is 8.00. The fraction of sp³-hybridized carbons (Fsp3) is 0.280. The number of likely N-dealkylation sites (tertiary alicyclic amines) is 1. The maximum Gasteiger partial charge on any atom is 0.230 e. The van der Waals surface area contributed by atoms with Gasteiger partial charge in [-0.2, -0.15) is 0 Å². The van der Waals surface area contributed by atoms with E-state index in [1.165, 1.54) is 12.1 Å². The average Bonchev–Trinajstić information content (AvgIpc) is 2.79. The molecule has 1 aliphatic rings. The largest absolute Gasteiger partial charge is 0.489 e. The zero-order valence-corrected chi connectivity index (χ0v) is 17.3. The van der Waals surface area contributed by atoms with E-state index in [1.54, 1.807) is 12.3 Å². The fourth-order valence-electron chi connectivity index (χ4n) is 4.27. The molecule has 0 saturated carbocycles. The minimum Gasteiger partial charge on any atom is -0.489 e. The lowest BCUT2D eigenvalue weighted by molar-refractivity contribution is -0.126. The zero-order valence-electron chi connectivity index (χ0n) is 17.3. The molecule has 5 nitrogen and oxygen atoms in total. The highest BCUT2D eigenvalue weighted by Crippen LogP contribution is 2.34. The lowest BCUT2D eigenvalue weighted by atomic mass is 9.76. The first-order valence-electron chi connectivity index (χ1n) is 10.5. The van der Waals surface area contributed by atoms with Crippen LogP contribution in [0, 0.1) is 5.82 Å². The minimum atomic E-state index is -0.795. The van der Waals surface area contributed by atoms with Crippen LogP contribution in [0.25, 0.3) is 0 Å². The number of hydrogen-bond donors (Lipinski definition) is 1. The monoisotopic (exact) mass is 419 g/mol. The summed E-state index contributed by atoms with van der Waals surface area (Å²) < 4.78 is 19.5. The van der Waals surface area contributed by atoms with Crippen LogP contribution in [0.3, 0.4) is 0 Å². The summed E-state index contributed by atoms with van der Waals surface area (Å²) in [5.74, 6) is 0.131. The SMILES string of the molecule is NC(=O)C1(c2ccccn2)CCCN(Cc2ccccc2OCc2cccc(F)c2)C1. The molecule has 6 heteroatoms. The van der Waals surface area contributed by atoms with E-state index in [0.29, 0.717) is 19.5 Å². The number of hydrogen-bond acceptors (Lipinski definition) is 4. The van der Waals surface area contributed by atoms with Crippen molar-refractivity contribution >= 4 is 5.91 Å². The van der Waals surface area contributed by atoms with Crippen molar-refractivity contribution in [3.63, 3.8) is 0 Å². The van der Waals surface area contributed by atoms with E-state index in [2.05, 4.69) is 9.88 Å². The first-order chi connectivity index (χ1) is 15.1. The van der Waals surface area contributed by atoms with Crippen LogP contribution < -0.4 is 10.5 Å². The third kappa shape index (κ3) is 4.75. The Morgan fingerprint density at radius 1 is 1.13 bits per heavy atom. The first kappa shape index (κ1) is 21.0. The molecule has 0 radical (unpaired) electrons. The molecule has 1 saturated heterocycles. The quantitative estimate of drug-likeness (QED) is 0.632. The molecule has 3 aromatic rings. The highest BCUT2D eigenvalue weighted by atomic mass is 19.1. The minimum absolute atomic E-state index is 0.278. The molecule has 0 aliphatic carbocycles. The van der Waals surface area contributed by atoms with Crippen LogP contribution in [-0.2, 0) is 23.4 Å². The van der Waals surface area contributed by atoms with Crippen LogP contribution in [0.1, 0.15) is 29.7 Å². The summed E-state index contributed by atoms with van der Waals surface area (Å²) in [6.07, 6.45) is 3.24. The van der Waals surface area contributed by atoms with E-state index in [-0.39, 0.29) is 18.3 Å². The van der Waals surface area contributed by atoms with Gasteiger partial charge in [0, 0.05) is 24.8 Å². The summed E-state index contributed by atoms with van der Waals surface area (Å²) in [5.41, 5.74) is 7.60. The highest BCUT2D eigenvalue weighted by molar-refractivity contribution is 5.86. The van der Waals surface area contributed by atoms with Crippen LogP contribution in [0.2, 0.25) is 0 Å². The Labute approximate surface area is 181 Å². The number of ether oxygens (including phenoxy) is 1. The number of carbonyl (C=O) groups is 1. The topological polar surface area (TPSA) is 68.5 Å². The molecule has 1 amide bonds. The van der Waals surface area contributed by atoms with E-state index in [4.69, 9.17) is 10.5 Å². The van der Waals surface area contributed by atoms with Gasteiger partial charge < -0.3 is 10.5 Å². The number of carbonyl (C=O) groups excluding carboxylic acids is 1. The van der Waals surface area contributed by atoms with Gasteiger partial charge in [0.25, 0.3) is 0 Å². The number of nitrogens with zero attached hydrogens (tertiary/aromatic N) is 2. The summed E-state index contributed by atoms with van der Waals surface area (Å²) >= 11 is 0. The Morgan fingerprint density at radius 2 is 1.97 bits per heavy atom. The van der Waals surface area contributed by atoms with Crippen molar-refractivity contribution in [1.29, 1.82) is 0 Å². The number of halogens is 1. The first-order valence-corrected chi connectivity index (χ1v) is 10.5. The van der Waals surface area contributed by atoms with E-state index in [0.717, 1.165) is 35.5 Å². The molecule has 1 atom stereocenters. The van der Waals surface area contributed by atoms with Crippen molar-refractivity contribution in [1.82, 2.24) is 9.88 Å². The van der Waals surface area contributed by atoms with E-state index in [1.807, 2.05) is 48.5 Å². The highest BCUT2D eigenvalue weighted by Gasteiger charge is 2.43. The van der Waals surface area contributed by atoms with Gasteiger partial charge in [0.1, 0.15) is 23.6 Å². The number of aromatic nitrogens is 1. The number of primary amides is 1. The molecule has 31 heavy (non-hydrogen) atoms. The van der Waals surface area contributed by atoms with Crippen LogP contribution in [0.4, 0.5) is 4.39 Å². The molecule has 1 fully saturated rings. The van der Waals surface area contributed by atoms with Gasteiger partial charge in [0.15, 0.2) is 0 Å². The summed E-state index contributed by atoms with van der Waals surface area (Å²) in [6, 6.07) is 19.8. The Kier molecular flexibility index (Phi) is 6.28. The van der Waals surface area contributed by atoms with Crippen molar-refractivity contribution in [2.24, 2.45) is 5.73 Å². The maximum absolute atomic E-state index is 13.5. The molecule has 1 aliphatic heterocycles. The predicted octanol–water partition coefficient (Wildman–Crippen LogP) is 3.82.